The lowest BCUT2D eigenvalue weighted by Crippen LogP contribution is -2.38. The fourth-order valence-electron chi connectivity index (χ4n) is 1.95. The van der Waals surface area contributed by atoms with Gasteiger partial charge in [0.05, 0.1) is 13.1 Å². The minimum absolute atomic E-state index is 0.112. The topological polar surface area (TPSA) is 44.4 Å². The summed E-state index contributed by atoms with van der Waals surface area (Å²) in [6, 6.07) is 2.04. The normalized spacial score (nSPS) is 17.4. The predicted octanol–water partition coefficient (Wildman–Crippen LogP) is 1.42. The second-order valence-electron chi connectivity index (χ2n) is 4.39. The van der Waals surface area contributed by atoms with E-state index in [0.29, 0.717) is 13.1 Å². The maximum atomic E-state index is 11.8. The molecule has 2 heterocycles. The lowest BCUT2D eigenvalue weighted by atomic mass is 10.3. The number of hydrogen-bond donors (Lipinski definition) is 2. The van der Waals surface area contributed by atoms with Crippen LogP contribution >= 0.6 is 27.3 Å². The zero-order valence-corrected chi connectivity index (χ0v) is 12.6. The summed E-state index contributed by atoms with van der Waals surface area (Å²) >= 11 is 5.07. The van der Waals surface area contributed by atoms with Crippen LogP contribution < -0.4 is 10.6 Å². The molecule has 0 bridgehead atoms. The van der Waals surface area contributed by atoms with E-state index in [1.807, 2.05) is 11.4 Å². The van der Waals surface area contributed by atoms with Gasteiger partial charge < -0.3 is 10.6 Å². The van der Waals surface area contributed by atoms with E-state index in [4.69, 9.17) is 0 Å². The number of thiophene rings is 1. The molecule has 2 N–H and O–H groups in total. The van der Waals surface area contributed by atoms with Crippen LogP contribution in [0.4, 0.5) is 0 Å². The van der Waals surface area contributed by atoms with Crippen molar-refractivity contribution < 1.29 is 4.79 Å². The molecule has 1 aromatic heterocycles. The highest BCUT2D eigenvalue weighted by molar-refractivity contribution is 9.10. The standard InChI is InChI=1S/C12H18BrN3OS/c13-10-6-11(18-9-10)7-15-12(17)8-16-4-1-2-14-3-5-16/h6,9,14H,1-5,7-8H2,(H,15,17). The molecule has 0 atom stereocenters. The molecule has 2 rings (SSSR count). The van der Waals surface area contributed by atoms with Gasteiger partial charge in [-0.15, -0.1) is 11.3 Å². The molecule has 100 valence electrons. The molecule has 0 spiro atoms. The number of nitrogens with zero attached hydrogens (tertiary/aromatic N) is 1. The second-order valence-corrected chi connectivity index (χ2v) is 6.30. The van der Waals surface area contributed by atoms with E-state index in [1.165, 1.54) is 4.88 Å². The van der Waals surface area contributed by atoms with Crippen molar-refractivity contribution in [1.82, 2.24) is 15.5 Å². The molecular weight excluding hydrogens is 314 g/mol. The summed E-state index contributed by atoms with van der Waals surface area (Å²) in [5.74, 6) is 0.112. The average Bonchev–Trinajstić information content (AvgIpc) is 2.60. The van der Waals surface area contributed by atoms with Crippen LogP contribution in [0, 0.1) is 0 Å². The summed E-state index contributed by atoms with van der Waals surface area (Å²) in [5, 5.41) is 8.33. The van der Waals surface area contributed by atoms with Gasteiger partial charge in [-0.05, 0) is 41.5 Å². The Labute approximate surface area is 120 Å². The van der Waals surface area contributed by atoms with Crippen LogP contribution in [0.25, 0.3) is 0 Å². The van der Waals surface area contributed by atoms with Gasteiger partial charge in [-0.1, -0.05) is 0 Å². The van der Waals surface area contributed by atoms with Crippen LogP contribution in [0.2, 0.25) is 0 Å². The van der Waals surface area contributed by atoms with Crippen molar-refractivity contribution in [2.45, 2.75) is 13.0 Å². The van der Waals surface area contributed by atoms with Crippen LogP contribution in [-0.4, -0.2) is 43.5 Å². The van der Waals surface area contributed by atoms with Crippen molar-refractivity contribution in [3.05, 3.63) is 20.8 Å². The number of halogens is 1. The number of hydrogen-bond acceptors (Lipinski definition) is 4. The Morgan fingerprint density at radius 3 is 3.17 bits per heavy atom. The van der Waals surface area contributed by atoms with E-state index in [-0.39, 0.29) is 5.91 Å². The van der Waals surface area contributed by atoms with Gasteiger partial charge in [0.1, 0.15) is 0 Å². The van der Waals surface area contributed by atoms with Crippen LogP contribution in [0.5, 0.6) is 0 Å². The van der Waals surface area contributed by atoms with Crippen molar-refractivity contribution in [2.24, 2.45) is 0 Å². The third-order valence-corrected chi connectivity index (χ3v) is 4.58. The van der Waals surface area contributed by atoms with E-state index in [0.717, 1.165) is 37.1 Å². The van der Waals surface area contributed by atoms with Gasteiger partial charge in [0.25, 0.3) is 0 Å². The molecule has 1 aliphatic rings. The van der Waals surface area contributed by atoms with Gasteiger partial charge in [-0.3, -0.25) is 9.69 Å². The van der Waals surface area contributed by atoms with E-state index in [1.54, 1.807) is 11.3 Å². The van der Waals surface area contributed by atoms with Gasteiger partial charge in [-0.25, -0.2) is 0 Å². The minimum Gasteiger partial charge on any atom is -0.350 e. The molecule has 4 nitrogen and oxygen atoms in total. The molecular formula is C12H18BrN3OS. The first-order chi connectivity index (χ1) is 8.74. The van der Waals surface area contributed by atoms with Crippen molar-refractivity contribution in [2.75, 3.05) is 32.7 Å². The Kier molecular flexibility index (Phi) is 5.62. The largest absolute Gasteiger partial charge is 0.350 e. The Morgan fingerprint density at radius 2 is 2.39 bits per heavy atom. The summed E-state index contributed by atoms with van der Waals surface area (Å²) in [5.41, 5.74) is 0. The van der Waals surface area contributed by atoms with Gasteiger partial charge in [0, 0.05) is 27.8 Å². The molecule has 6 heteroatoms. The summed E-state index contributed by atoms with van der Waals surface area (Å²) < 4.78 is 1.08. The number of amides is 1. The zero-order chi connectivity index (χ0) is 12.8. The first-order valence-corrected chi connectivity index (χ1v) is 7.84. The molecule has 1 aliphatic heterocycles. The second kappa shape index (κ2) is 7.23. The Hall–Kier alpha value is -0.430. The van der Waals surface area contributed by atoms with Gasteiger partial charge in [0.15, 0.2) is 0 Å². The first kappa shape index (κ1) is 14.0. The zero-order valence-electron chi connectivity index (χ0n) is 10.2. The van der Waals surface area contributed by atoms with E-state index >= 15 is 0 Å². The first-order valence-electron chi connectivity index (χ1n) is 6.17. The number of carbonyl (C=O) groups excluding carboxylic acids is 1. The fraction of sp³-hybridized carbons (Fsp3) is 0.583. The predicted molar refractivity (Wildman–Crippen MR) is 77.8 cm³/mol. The fourth-order valence-corrected chi connectivity index (χ4v) is 3.34. The van der Waals surface area contributed by atoms with Crippen LogP contribution in [0.3, 0.4) is 0 Å². The Bertz CT molecular complexity index is 388. The lowest BCUT2D eigenvalue weighted by molar-refractivity contribution is -0.122. The van der Waals surface area contributed by atoms with E-state index < -0.39 is 0 Å². The molecule has 1 aromatic rings. The molecule has 18 heavy (non-hydrogen) atoms. The molecule has 0 aromatic carbocycles. The van der Waals surface area contributed by atoms with Crippen LogP contribution in [0.1, 0.15) is 11.3 Å². The van der Waals surface area contributed by atoms with Crippen LogP contribution in [-0.2, 0) is 11.3 Å². The molecule has 1 amide bonds. The molecule has 1 fully saturated rings. The van der Waals surface area contributed by atoms with Gasteiger partial charge >= 0.3 is 0 Å². The summed E-state index contributed by atoms with van der Waals surface area (Å²) in [7, 11) is 0. The third-order valence-electron chi connectivity index (χ3n) is 2.88. The van der Waals surface area contributed by atoms with E-state index in [2.05, 4.69) is 31.5 Å². The van der Waals surface area contributed by atoms with Gasteiger partial charge in [0.2, 0.25) is 5.91 Å². The quantitative estimate of drug-likeness (QED) is 0.877. The van der Waals surface area contributed by atoms with Crippen molar-refractivity contribution >= 4 is 33.2 Å². The smallest absolute Gasteiger partial charge is 0.234 e. The SMILES string of the molecule is O=C(CN1CCCNCC1)NCc1cc(Br)cs1. The Balaban J connectivity index is 1.71. The molecule has 0 saturated carbocycles. The lowest BCUT2D eigenvalue weighted by Gasteiger charge is -2.18. The minimum atomic E-state index is 0.112. The Morgan fingerprint density at radius 1 is 1.50 bits per heavy atom. The van der Waals surface area contributed by atoms with E-state index in [9.17, 15) is 4.79 Å². The van der Waals surface area contributed by atoms with Crippen molar-refractivity contribution in [1.29, 1.82) is 0 Å². The summed E-state index contributed by atoms with van der Waals surface area (Å²) in [4.78, 5) is 15.2. The maximum Gasteiger partial charge on any atom is 0.234 e. The number of nitrogens with one attached hydrogen (secondary N) is 2. The van der Waals surface area contributed by atoms with Crippen LogP contribution in [0.15, 0.2) is 15.9 Å². The third kappa shape index (κ3) is 4.68. The summed E-state index contributed by atoms with van der Waals surface area (Å²) in [6.45, 7) is 5.13. The molecule has 0 radical (unpaired) electrons. The van der Waals surface area contributed by atoms with Gasteiger partial charge in [-0.2, -0.15) is 0 Å². The molecule has 1 saturated heterocycles. The molecule has 0 unspecified atom stereocenters. The highest BCUT2D eigenvalue weighted by atomic mass is 79.9. The maximum absolute atomic E-state index is 11.8. The number of rotatable bonds is 4. The monoisotopic (exact) mass is 331 g/mol. The highest BCUT2D eigenvalue weighted by Crippen LogP contribution is 2.19. The average molecular weight is 332 g/mol. The highest BCUT2D eigenvalue weighted by Gasteiger charge is 2.12. The summed E-state index contributed by atoms with van der Waals surface area (Å²) in [6.07, 6.45) is 1.12. The van der Waals surface area contributed by atoms with Crippen molar-refractivity contribution in [3.63, 3.8) is 0 Å². The number of carbonyl (C=O) groups is 1. The molecule has 0 aliphatic carbocycles. The van der Waals surface area contributed by atoms with Crippen molar-refractivity contribution in [3.8, 4) is 0 Å².